The van der Waals surface area contributed by atoms with Crippen LogP contribution in [0.3, 0.4) is 0 Å². The van der Waals surface area contributed by atoms with E-state index in [4.69, 9.17) is 5.73 Å². The van der Waals surface area contributed by atoms with E-state index in [1.807, 2.05) is 13.0 Å². The van der Waals surface area contributed by atoms with Crippen LogP contribution in [-0.2, 0) is 0 Å². The summed E-state index contributed by atoms with van der Waals surface area (Å²) >= 11 is 0. The molecule has 0 aromatic rings. The summed E-state index contributed by atoms with van der Waals surface area (Å²) in [7, 11) is 0. The Morgan fingerprint density at radius 3 is 2.79 bits per heavy atom. The molecule has 1 aliphatic carbocycles. The van der Waals surface area contributed by atoms with Crippen molar-refractivity contribution in [1.82, 2.24) is 0 Å². The molecular weight excluding hydrogens is 234 g/mol. The fourth-order valence-corrected chi connectivity index (χ4v) is 2.54. The van der Waals surface area contributed by atoms with E-state index in [9.17, 15) is 5.11 Å². The van der Waals surface area contributed by atoms with Gasteiger partial charge in [0.05, 0.1) is 6.10 Å². The minimum absolute atomic E-state index is 0.470. The first kappa shape index (κ1) is 16.0. The molecule has 0 aliphatic heterocycles. The molecule has 1 fully saturated rings. The summed E-state index contributed by atoms with van der Waals surface area (Å²) in [5.74, 6) is 7.15. The minimum Gasteiger partial charge on any atom is -0.389 e. The van der Waals surface area contributed by atoms with Gasteiger partial charge < -0.3 is 10.8 Å². The average molecular weight is 261 g/mol. The number of rotatable bonds is 6. The van der Waals surface area contributed by atoms with Gasteiger partial charge in [0, 0.05) is 12.0 Å². The molecule has 1 rings (SSSR count). The number of hydrogen-bond acceptors (Lipinski definition) is 2. The van der Waals surface area contributed by atoms with Crippen LogP contribution in [0.4, 0.5) is 0 Å². The lowest BCUT2D eigenvalue weighted by molar-refractivity contribution is 0.203. The second kappa shape index (κ2) is 8.96. The van der Waals surface area contributed by atoms with E-state index >= 15 is 0 Å². The molecular formula is C17H27NO. The molecule has 106 valence electrons. The summed E-state index contributed by atoms with van der Waals surface area (Å²) in [5, 5.41) is 9.74. The van der Waals surface area contributed by atoms with Crippen molar-refractivity contribution in [2.45, 2.75) is 58.0 Å². The van der Waals surface area contributed by atoms with E-state index in [1.54, 1.807) is 0 Å². The number of aliphatic hydroxyl groups excluding tert-OH is 1. The van der Waals surface area contributed by atoms with E-state index in [0.29, 0.717) is 13.0 Å². The Morgan fingerprint density at radius 1 is 1.47 bits per heavy atom. The summed E-state index contributed by atoms with van der Waals surface area (Å²) in [5.41, 5.74) is 7.09. The third-order valence-electron chi connectivity index (χ3n) is 3.77. The van der Waals surface area contributed by atoms with Crippen molar-refractivity contribution >= 4 is 0 Å². The molecule has 0 saturated heterocycles. The second-order valence-electron chi connectivity index (χ2n) is 5.50. The molecule has 0 spiro atoms. The van der Waals surface area contributed by atoms with Gasteiger partial charge in [-0.2, -0.15) is 0 Å². The Labute approximate surface area is 117 Å². The molecule has 0 amide bonds. The van der Waals surface area contributed by atoms with Crippen LogP contribution in [-0.4, -0.2) is 17.8 Å². The van der Waals surface area contributed by atoms with Crippen molar-refractivity contribution < 1.29 is 5.11 Å². The predicted octanol–water partition coefficient (Wildman–Crippen LogP) is 3.17. The van der Waals surface area contributed by atoms with Gasteiger partial charge in [-0.1, -0.05) is 44.1 Å². The van der Waals surface area contributed by atoms with Crippen molar-refractivity contribution in [3.8, 4) is 11.8 Å². The molecule has 1 aliphatic rings. The van der Waals surface area contributed by atoms with Crippen LogP contribution < -0.4 is 5.73 Å². The number of allylic oxidation sites excluding steroid dienone is 2. The van der Waals surface area contributed by atoms with Crippen LogP contribution in [0.25, 0.3) is 0 Å². The molecule has 2 heteroatoms. The van der Waals surface area contributed by atoms with E-state index in [1.165, 1.54) is 32.1 Å². The van der Waals surface area contributed by atoms with Crippen LogP contribution in [0.15, 0.2) is 23.8 Å². The van der Waals surface area contributed by atoms with Gasteiger partial charge in [-0.3, -0.25) is 0 Å². The molecule has 3 N–H and O–H groups in total. The lowest BCUT2D eigenvalue weighted by atomic mass is 10.0. The Kier molecular flexibility index (Phi) is 7.55. The van der Waals surface area contributed by atoms with Gasteiger partial charge in [-0.25, -0.2) is 0 Å². The minimum atomic E-state index is -0.470. The van der Waals surface area contributed by atoms with E-state index in [-0.39, 0.29) is 0 Å². The lowest BCUT2D eigenvalue weighted by Crippen LogP contribution is -2.14. The highest BCUT2D eigenvalue weighted by atomic mass is 16.3. The predicted molar refractivity (Wildman–Crippen MR) is 81.5 cm³/mol. The number of aliphatic hydroxyl groups is 1. The van der Waals surface area contributed by atoms with E-state index in [0.717, 1.165) is 23.5 Å². The zero-order valence-electron chi connectivity index (χ0n) is 12.1. The maximum atomic E-state index is 9.74. The summed E-state index contributed by atoms with van der Waals surface area (Å²) in [6.45, 7) is 6.30. The molecule has 0 heterocycles. The summed E-state index contributed by atoms with van der Waals surface area (Å²) in [6.07, 6.45) is 9.72. The Bertz CT molecular complexity index is 366. The topological polar surface area (TPSA) is 46.2 Å². The van der Waals surface area contributed by atoms with Gasteiger partial charge in [0.15, 0.2) is 0 Å². The first-order valence-electron chi connectivity index (χ1n) is 7.37. The van der Waals surface area contributed by atoms with Crippen LogP contribution >= 0.6 is 0 Å². The van der Waals surface area contributed by atoms with Crippen molar-refractivity contribution in [2.75, 3.05) is 6.54 Å². The first-order valence-corrected chi connectivity index (χ1v) is 7.37. The highest BCUT2D eigenvalue weighted by Gasteiger charge is 2.13. The highest BCUT2D eigenvalue weighted by Crippen LogP contribution is 2.28. The van der Waals surface area contributed by atoms with Gasteiger partial charge >= 0.3 is 0 Å². The SMILES string of the molecule is C=C(C#CCCC1CCCC1)C=C(C)C(O)CCN. The molecule has 0 aromatic carbocycles. The molecule has 1 atom stereocenters. The van der Waals surface area contributed by atoms with Gasteiger partial charge in [0.1, 0.15) is 0 Å². The third kappa shape index (κ3) is 6.61. The van der Waals surface area contributed by atoms with Gasteiger partial charge in [-0.15, -0.1) is 0 Å². The van der Waals surface area contributed by atoms with Crippen LogP contribution in [0, 0.1) is 17.8 Å². The fraction of sp³-hybridized carbons (Fsp3) is 0.647. The second-order valence-corrected chi connectivity index (χ2v) is 5.50. The van der Waals surface area contributed by atoms with Crippen LogP contribution in [0.2, 0.25) is 0 Å². The molecule has 2 nitrogen and oxygen atoms in total. The summed E-state index contributed by atoms with van der Waals surface area (Å²) < 4.78 is 0. The number of nitrogens with two attached hydrogens (primary N) is 1. The fourth-order valence-electron chi connectivity index (χ4n) is 2.54. The maximum Gasteiger partial charge on any atom is 0.0762 e. The maximum absolute atomic E-state index is 9.74. The quantitative estimate of drug-likeness (QED) is 0.570. The summed E-state index contributed by atoms with van der Waals surface area (Å²) in [6, 6.07) is 0. The van der Waals surface area contributed by atoms with E-state index < -0.39 is 6.10 Å². The van der Waals surface area contributed by atoms with E-state index in [2.05, 4.69) is 18.4 Å². The van der Waals surface area contributed by atoms with Gasteiger partial charge in [0.25, 0.3) is 0 Å². The molecule has 0 bridgehead atoms. The van der Waals surface area contributed by atoms with Crippen molar-refractivity contribution in [2.24, 2.45) is 11.7 Å². The Morgan fingerprint density at radius 2 is 2.16 bits per heavy atom. The van der Waals surface area contributed by atoms with Crippen LogP contribution in [0.5, 0.6) is 0 Å². The Balaban J connectivity index is 2.31. The van der Waals surface area contributed by atoms with Gasteiger partial charge in [-0.05, 0) is 43.9 Å². The highest BCUT2D eigenvalue weighted by molar-refractivity contribution is 5.38. The first-order chi connectivity index (χ1) is 9.13. The van der Waals surface area contributed by atoms with Crippen molar-refractivity contribution in [3.05, 3.63) is 23.8 Å². The molecule has 19 heavy (non-hydrogen) atoms. The average Bonchev–Trinajstić information content (AvgIpc) is 2.88. The zero-order valence-corrected chi connectivity index (χ0v) is 12.1. The number of hydrogen-bond donors (Lipinski definition) is 2. The largest absolute Gasteiger partial charge is 0.389 e. The van der Waals surface area contributed by atoms with Crippen molar-refractivity contribution in [3.63, 3.8) is 0 Å². The smallest absolute Gasteiger partial charge is 0.0762 e. The molecule has 0 aromatic heterocycles. The Hall–Kier alpha value is -1.04. The normalized spacial score (nSPS) is 17.9. The summed E-state index contributed by atoms with van der Waals surface area (Å²) in [4.78, 5) is 0. The van der Waals surface area contributed by atoms with Crippen LogP contribution in [0.1, 0.15) is 51.9 Å². The van der Waals surface area contributed by atoms with Gasteiger partial charge in [0.2, 0.25) is 0 Å². The monoisotopic (exact) mass is 261 g/mol. The molecule has 1 saturated carbocycles. The van der Waals surface area contributed by atoms with Crippen molar-refractivity contribution in [1.29, 1.82) is 0 Å². The third-order valence-corrected chi connectivity index (χ3v) is 3.77. The lowest BCUT2D eigenvalue weighted by Gasteiger charge is -2.09. The zero-order chi connectivity index (χ0) is 14.1. The standard InChI is InChI=1S/C17H27NO/c1-14(13-15(2)17(19)11-12-18)7-3-4-8-16-9-5-6-10-16/h13,16-17,19H,1,4-6,8-12,18H2,2H3. The molecule has 0 radical (unpaired) electrons. The molecule has 1 unspecified atom stereocenters.